The van der Waals surface area contributed by atoms with E-state index in [0.717, 1.165) is 11.1 Å². The number of hydrogen-bond acceptors (Lipinski definition) is 4. The maximum Gasteiger partial charge on any atom is 0.125 e. The molecule has 0 unspecified atom stereocenters. The topological polar surface area (TPSA) is 65.2 Å². The normalized spacial score (nSPS) is 12.1. The van der Waals surface area contributed by atoms with Gasteiger partial charge in [-0.1, -0.05) is 83.9 Å². The summed E-state index contributed by atoms with van der Waals surface area (Å²) in [5, 5.41) is 31.0. The van der Waals surface area contributed by atoms with Crippen molar-refractivity contribution in [3.63, 3.8) is 0 Å². The molecular weight excluding hydrogens is 443 g/mol. The van der Waals surface area contributed by atoms with Gasteiger partial charge in [0.1, 0.15) is 22.9 Å². The standard InChI is InChI=1S/C26H18Cl2N2O2/c27-19-11-13-23(31)21(15-19)25(17-7-3-1-4-8-17)29-30-26(18-9-5-2-6-10-18)22-16-20(28)12-14-24(22)32/h1-16,31-32H. The minimum atomic E-state index is 0.0269. The molecule has 0 aliphatic heterocycles. The second-order valence-electron chi connectivity index (χ2n) is 6.95. The summed E-state index contributed by atoms with van der Waals surface area (Å²) >= 11 is 12.4. The van der Waals surface area contributed by atoms with Crippen molar-refractivity contribution in [1.82, 2.24) is 0 Å². The predicted molar refractivity (Wildman–Crippen MR) is 130 cm³/mol. The Morgan fingerprint density at radius 1 is 0.531 bits per heavy atom. The van der Waals surface area contributed by atoms with Gasteiger partial charge in [0.15, 0.2) is 0 Å². The van der Waals surface area contributed by atoms with E-state index < -0.39 is 0 Å². The van der Waals surface area contributed by atoms with Crippen LogP contribution in [0.25, 0.3) is 0 Å². The maximum absolute atomic E-state index is 10.5. The van der Waals surface area contributed by atoms with Crippen molar-refractivity contribution in [2.45, 2.75) is 0 Å². The smallest absolute Gasteiger partial charge is 0.125 e. The number of phenolic OH excluding ortho intramolecular Hbond substituents is 2. The molecule has 0 aromatic heterocycles. The first-order valence-electron chi connectivity index (χ1n) is 9.77. The van der Waals surface area contributed by atoms with Crippen LogP contribution in [0.1, 0.15) is 22.3 Å². The van der Waals surface area contributed by atoms with Gasteiger partial charge < -0.3 is 10.2 Å². The summed E-state index contributed by atoms with van der Waals surface area (Å²) in [5.41, 5.74) is 3.24. The molecule has 0 aliphatic rings. The van der Waals surface area contributed by atoms with Gasteiger partial charge in [0.05, 0.1) is 0 Å². The lowest BCUT2D eigenvalue weighted by molar-refractivity contribution is 0.473. The largest absolute Gasteiger partial charge is 0.507 e. The molecule has 4 nitrogen and oxygen atoms in total. The van der Waals surface area contributed by atoms with Gasteiger partial charge in [-0.15, -0.1) is 10.2 Å². The van der Waals surface area contributed by atoms with E-state index in [9.17, 15) is 10.2 Å². The Morgan fingerprint density at radius 3 is 1.28 bits per heavy atom. The van der Waals surface area contributed by atoms with Gasteiger partial charge in [-0.3, -0.25) is 0 Å². The molecule has 0 heterocycles. The molecule has 0 radical (unpaired) electrons. The van der Waals surface area contributed by atoms with Crippen LogP contribution in [0.15, 0.2) is 107 Å². The molecule has 2 N–H and O–H groups in total. The summed E-state index contributed by atoms with van der Waals surface area (Å²) in [6, 6.07) is 28.3. The fraction of sp³-hybridized carbons (Fsp3) is 0. The van der Waals surface area contributed by atoms with Gasteiger partial charge in [-0.2, -0.15) is 0 Å². The Balaban J connectivity index is 1.96. The van der Waals surface area contributed by atoms with Crippen LogP contribution in [0.3, 0.4) is 0 Å². The van der Waals surface area contributed by atoms with Crippen molar-refractivity contribution in [2.24, 2.45) is 10.2 Å². The lowest BCUT2D eigenvalue weighted by Gasteiger charge is -2.11. The van der Waals surface area contributed by atoms with Gasteiger partial charge in [0.2, 0.25) is 0 Å². The van der Waals surface area contributed by atoms with E-state index in [1.807, 2.05) is 60.7 Å². The van der Waals surface area contributed by atoms with Crippen molar-refractivity contribution in [3.8, 4) is 11.5 Å². The van der Waals surface area contributed by atoms with Crippen molar-refractivity contribution >= 4 is 34.6 Å². The molecule has 4 aromatic rings. The van der Waals surface area contributed by atoms with E-state index in [0.29, 0.717) is 32.6 Å². The first-order chi connectivity index (χ1) is 15.5. The third kappa shape index (κ3) is 4.83. The summed E-state index contributed by atoms with van der Waals surface area (Å²) in [6.07, 6.45) is 0. The monoisotopic (exact) mass is 460 g/mol. The van der Waals surface area contributed by atoms with Crippen molar-refractivity contribution < 1.29 is 10.2 Å². The van der Waals surface area contributed by atoms with Crippen LogP contribution in [0.5, 0.6) is 11.5 Å². The van der Waals surface area contributed by atoms with Gasteiger partial charge in [0.25, 0.3) is 0 Å². The van der Waals surface area contributed by atoms with Gasteiger partial charge >= 0.3 is 0 Å². The number of nitrogens with zero attached hydrogens (tertiary/aromatic N) is 2. The SMILES string of the molecule is Oc1ccc(Cl)cc1C(=NN=C(c1ccccc1)c1cc(Cl)ccc1O)c1ccccc1. The molecule has 32 heavy (non-hydrogen) atoms. The van der Waals surface area contributed by atoms with Gasteiger partial charge in [0, 0.05) is 32.3 Å². The van der Waals surface area contributed by atoms with Crippen molar-refractivity contribution in [3.05, 3.63) is 129 Å². The number of phenols is 2. The Labute approximate surface area is 195 Å². The van der Waals surface area contributed by atoms with Crippen LogP contribution in [0.2, 0.25) is 10.0 Å². The van der Waals surface area contributed by atoms with Crippen LogP contribution < -0.4 is 0 Å². The molecule has 6 heteroatoms. The highest BCUT2D eigenvalue weighted by Crippen LogP contribution is 2.27. The minimum Gasteiger partial charge on any atom is -0.507 e. The summed E-state index contributed by atoms with van der Waals surface area (Å²) in [7, 11) is 0. The highest BCUT2D eigenvalue weighted by molar-refractivity contribution is 6.32. The van der Waals surface area contributed by atoms with E-state index in [1.165, 1.54) is 12.1 Å². The summed E-state index contributed by atoms with van der Waals surface area (Å²) in [5.74, 6) is 0.0538. The highest BCUT2D eigenvalue weighted by atomic mass is 35.5. The Hall–Kier alpha value is -3.60. The summed E-state index contributed by atoms with van der Waals surface area (Å²) in [6.45, 7) is 0. The molecule has 0 fully saturated rings. The molecule has 0 spiro atoms. The van der Waals surface area contributed by atoms with Crippen LogP contribution in [0, 0.1) is 0 Å². The number of benzene rings is 4. The Bertz CT molecular complexity index is 1200. The molecule has 0 saturated carbocycles. The van der Waals surface area contributed by atoms with E-state index in [2.05, 4.69) is 10.2 Å². The lowest BCUT2D eigenvalue weighted by Crippen LogP contribution is -2.07. The first kappa shape index (κ1) is 21.6. The fourth-order valence-corrected chi connectivity index (χ4v) is 3.57. The zero-order chi connectivity index (χ0) is 22.5. The third-order valence-corrected chi connectivity index (χ3v) is 5.24. The van der Waals surface area contributed by atoms with E-state index in [4.69, 9.17) is 23.2 Å². The molecule has 158 valence electrons. The average molecular weight is 461 g/mol. The van der Waals surface area contributed by atoms with Gasteiger partial charge in [-0.05, 0) is 36.4 Å². The van der Waals surface area contributed by atoms with Gasteiger partial charge in [-0.25, -0.2) is 0 Å². The average Bonchev–Trinajstić information content (AvgIpc) is 2.82. The number of rotatable bonds is 5. The Morgan fingerprint density at radius 2 is 0.906 bits per heavy atom. The van der Waals surface area contributed by atoms with E-state index >= 15 is 0 Å². The molecule has 0 saturated heterocycles. The zero-order valence-corrected chi connectivity index (χ0v) is 18.3. The molecule has 0 atom stereocenters. The number of hydrogen-bond donors (Lipinski definition) is 2. The zero-order valence-electron chi connectivity index (χ0n) is 16.8. The van der Waals surface area contributed by atoms with E-state index in [-0.39, 0.29) is 11.5 Å². The van der Waals surface area contributed by atoms with Crippen LogP contribution >= 0.6 is 23.2 Å². The summed E-state index contributed by atoms with van der Waals surface area (Å²) < 4.78 is 0. The second-order valence-corrected chi connectivity index (χ2v) is 7.83. The minimum absolute atomic E-state index is 0.0269. The fourth-order valence-electron chi connectivity index (χ4n) is 3.22. The van der Waals surface area contributed by atoms with Crippen LogP contribution in [-0.4, -0.2) is 21.6 Å². The molecule has 0 bridgehead atoms. The molecule has 0 aliphatic carbocycles. The summed E-state index contributed by atoms with van der Waals surface area (Å²) in [4.78, 5) is 0. The first-order valence-corrected chi connectivity index (χ1v) is 10.5. The maximum atomic E-state index is 10.5. The molecular formula is C26H18Cl2N2O2. The molecule has 4 aromatic carbocycles. The third-order valence-electron chi connectivity index (χ3n) is 4.77. The van der Waals surface area contributed by atoms with Crippen molar-refractivity contribution in [2.75, 3.05) is 0 Å². The quantitative estimate of drug-likeness (QED) is 0.257. The second kappa shape index (κ2) is 9.69. The highest BCUT2D eigenvalue weighted by Gasteiger charge is 2.15. The Kier molecular flexibility index (Phi) is 6.55. The van der Waals surface area contributed by atoms with Crippen LogP contribution in [0.4, 0.5) is 0 Å². The van der Waals surface area contributed by atoms with Crippen LogP contribution in [-0.2, 0) is 0 Å². The van der Waals surface area contributed by atoms with E-state index in [1.54, 1.807) is 24.3 Å². The lowest BCUT2D eigenvalue weighted by atomic mass is 10.0. The molecule has 4 rings (SSSR count). The predicted octanol–water partition coefficient (Wildman–Crippen LogP) is 6.69. The number of aromatic hydroxyl groups is 2. The molecule has 0 amide bonds. The number of halogens is 2. The van der Waals surface area contributed by atoms with Crippen molar-refractivity contribution in [1.29, 1.82) is 0 Å².